The Hall–Kier alpha value is -2.07. The van der Waals surface area contributed by atoms with Crippen molar-refractivity contribution in [3.05, 3.63) is 93.7 Å². The van der Waals surface area contributed by atoms with E-state index in [4.69, 9.17) is 27.9 Å². The van der Waals surface area contributed by atoms with Gasteiger partial charge < -0.3 is 10.1 Å². The fourth-order valence-corrected chi connectivity index (χ4v) is 2.83. The van der Waals surface area contributed by atoms with Gasteiger partial charge in [-0.05, 0) is 35.9 Å². The lowest BCUT2D eigenvalue weighted by atomic mass is 10.2. The van der Waals surface area contributed by atoms with Crippen molar-refractivity contribution in [2.45, 2.75) is 19.7 Å². The van der Waals surface area contributed by atoms with Gasteiger partial charge >= 0.3 is 0 Å². The molecule has 0 aliphatic rings. The number of benzene rings is 2. The summed E-state index contributed by atoms with van der Waals surface area (Å²) in [6.07, 6.45) is 3.61. The van der Waals surface area contributed by atoms with Gasteiger partial charge in [0, 0.05) is 46.7 Å². The molecule has 3 rings (SSSR count). The van der Waals surface area contributed by atoms with Crippen LogP contribution in [0, 0.1) is 0 Å². The van der Waals surface area contributed by atoms with Crippen LogP contribution in [0.5, 0.6) is 5.75 Å². The van der Waals surface area contributed by atoms with Crippen molar-refractivity contribution >= 4 is 23.2 Å². The summed E-state index contributed by atoms with van der Waals surface area (Å²) in [6.45, 7) is 1.79. The molecule has 0 unspecified atom stereocenters. The van der Waals surface area contributed by atoms with Crippen molar-refractivity contribution < 1.29 is 4.74 Å². The van der Waals surface area contributed by atoms with Crippen molar-refractivity contribution in [1.82, 2.24) is 10.3 Å². The van der Waals surface area contributed by atoms with Crippen LogP contribution in [-0.4, -0.2) is 4.98 Å². The van der Waals surface area contributed by atoms with Crippen LogP contribution in [0.2, 0.25) is 10.0 Å². The quantitative estimate of drug-likeness (QED) is 0.614. The predicted octanol–water partition coefficient (Wildman–Crippen LogP) is 5.26. The number of ether oxygens (including phenoxy) is 1. The van der Waals surface area contributed by atoms with E-state index in [0.717, 1.165) is 29.0 Å². The van der Waals surface area contributed by atoms with E-state index in [1.165, 1.54) is 0 Å². The third kappa shape index (κ3) is 5.20. The molecular weight excluding hydrogens is 355 g/mol. The molecule has 0 amide bonds. The first-order valence-corrected chi connectivity index (χ1v) is 8.72. The van der Waals surface area contributed by atoms with Gasteiger partial charge in [-0.2, -0.15) is 0 Å². The van der Waals surface area contributed by atoms with E-state index in [0.29, 0.717) is 23.2 Å². The van der Waals surface area contributed by atoms with E-state index in [-0.39, 0.29) is 0 Å². The summed E-state index contributed by atoms with van der Waals surface area (Å²) in [5.74, 6) is 0.794. The first-order chi connectivity index (χ1) is 12.2. The number of hydrogen-bond acceptors (Lipinski definition) is 3. The number of hydrogen-bond donors (Lipinski definition) is 1. The van der Waals surface area contributed by atoms with Crippen molar-refractivity contribution in [2.24, 2.45) is 0 Å². The fraction of sp³-hybridized carbons (Fsp3) is 0.150. The van der Waals surface area contributed by atoms with Crippen LogP contribution in [-0.2, 0) is 19.7 Å². The average molecular weight is 373 g/mol. The molecule has 3 nitrogen and oxygen atoms in total. The molecule has 0 saturated heterocycles. The molecule has 0 aliphatic carbocycles. The van der Waals surface area contributed by atoms with Gasteiger partial charge in [0.1, 0.15) is 12.4 Å². The Labute approximate surface area is 157 Å². The second kappa shape index (κ2) is 8.86. The molecule has 0 atom stereocenters. The van der Waals surface area contributed by atoms with Gasteiger partial charge in [-0.15, -0.1) is 0 Å². The molecule has 0 radical (unpaired) electrons. The Morgan fingerprint density at radius 2 is 1.80 bits per heavy atom. The molecule has 1 N–H and O–H groups in total. The summed E-state index contributed by atoms with van der Waals surface area (Å²) >= 11 is 12.3. The summed E-state index contributed by atoms with van der Waals surface area (Å²) in [5.41, 5.74) is 3.08. The van der Waals surface area contributed by atoms with Crippen molar-refractivity contribution in [3.8, 4) is 5.75 Å². The van der Waals surface area contributed by atoms with Gasteiger partial charge in [-0.1, -0.05) is 47.5 Å². The van der Waals surface area contributed by atoms with E-state index in [9.17, 15) is 0 Å². The molecule has 3 aromatic rings. The van der Waals surface area contributed by atoms with Crippen LogP contribution in [0.25, 0.3) is 0 Å². The van der Waals surface area contributed by atoms with Crippen LogP contribution < -0.4 is 10.1 Å². The second-order valence-electron chi connectivity index (χ2n) is 5.60. The first-order valence-electron chi connectivity index (χ1n) is 7.96. The molecule has 0 spiro atoms. The number of nitrogens with zero attached hydrogens (tertiary/aromatic N) is 1. The van der Waals surface area contributed by atoms with Crippen LogP contribution in [0.3, 0.4) is 0 Å². The normalized spacial score (nSPS) is 10.6. The molecule has 5 heteroatoms. The number of nitrogens with one attached hydrogen (secondary N) is 1. The highest BCUT2D eigenvalue weighted by Crippen LogP contribution is 2.25. The monoisotopic (exact) mass is 372 g/mol. The SMILES string of the molecule is Clc1ccc(OCc2ccccc2Cl)c(CNCc2cccnc2)c1. The first kappa shape index (κ1) is 17.7. The van der Waals surface area contributed by atoms with E-state index in [1.54, 1.807) is 6.20 Å². The van der Waals surface area contributed by atoms with Gasteiger partial charge in [-0.25, -0.2) is 0 Å². The maximum atomic E-state index is 6.19. The summed E-state index contributed by atoms with van der Waals surface area (Å²) < 4.78 is 5.97. The average Bonchev–Trinajstić information content (AvgIpc) is 2.63. The summed E-state index contributed by atoms with van der Waals surface area (Å²) in [7, 11) is 0. The molecule has 2 aromatic carbocycles. The van der Waals surface area contributed by atoms with Crippen LogP contribution in [0.4, 0.5) is 0 Å². The zero-order chi connectivity index (χ0) is 17.5. The minimum Gasteiger partial charge on any atom is -0.489 e. The molecule has 0 saturated carbocycles. The molecule has 0 aliphatic heterocycles. The lowest BCUT2D eigenvalue weighted by Gasteiger charge is -2.13. The summed E-state index contributed by atoms with van der Waals surface area (Å²) in [4.78, 5) is 4.11. The Bertz CT molecular complexity index is 825. The largest absolute Gasteiger partial charge is 0.489 e. The highest BCUT2D eigenvalue weighted by atomic mass is 35.5. The van der Waals surface area contributed by atoms with Gasteiger partial charge in [0.05, 0.1) is 0 Å². The standard InChI is InChI=1S/C20H18Cl2N2O/c21-18-7-8-20(25-14-16-5-1-2-6-19(16)22)17(10-18)13-24-12-15-4-3-9-23-11-15/h1-11,24H,12-14H2. The number of halogens is 2. The molecule has 0 bridgehead atoms. The lowest BCUT2D eigenvalue weighted by molar-refractivity contribution is 0.302. The van der Waals surface area contributed by atoms with E-state index < -0.39 is 0 Å². The minimum atomic E-state index is 0.414. The van der Waals surface area contributed by atoms with Crippen molar-refractivity contribution in [1.29, 1.82) is 0 Å². The minimum absolute atomic E-state index is 0.414. The molecule has 1 heterocycles. The third-order valence-electron chi connectivity index (χ3n) is 3.73. The van der Waals surface area contributed by atoms with Crippen LogP contribution in [0.15, 0.2) is 67.0 Å². The van der Waals surface area contributed by atoms with Crippen LogP contribution >= 0.6 is 23.2 Å². The highest BCUT2D eigenvalue weighted by Gasteiger charge is 2.07. The third-order valence-corrected chi connectivity index (χ3v) is 4.33. The van der Waals surface area contributed by atoms with E-state index in [2.05, 4.69) is 10.3 Å². The summed E-state index contributed by atoms with van der Waals surface area (Å²) in [6, 6.07) is 17.3. The molecule has 128 valence electrons. The molecule has 25 heavy (non-hydrogen) atoms. The Balaban J connectivity index is 1.64. The highest BCUT2D eigenvalue weighted by molar-refractivity contribution is 6.31. The van der Waals surface area contributed by atoms with Crippen molar-refractivity contribution in [2.75, 3.05) is 0 Å². The van der Waals surface area contributed by atoms with E-state index >= 15 is 0 Å². The van der Waals surface area contributed by atoms with Crippen LogP contribution in [0.1, 0.15) is 16.7 Å². The van der Waals surface area contributed by atoms with Gasteiger partial charge in [0.25, 0.3) is 0 Å². The number of aromatic nitrogens is 1. The number of rotatable bonds is 7. The summed E-state index contributed by atoms with van der Waals surface area (Å²) in [5, 5.41) is 4.78. The maximum absolute atomic E-state index is 6.19. The zero-order valence-electron chi connectivity index (χ0n) is 13.6. The zero-order valence-corrected chi connectivity index (χ0v) is 15.1. The van der Waals surface area contributed by atoms with Gasteiger partial charge in [0.15, 0.2) is 0 Å². The molecule has 0 fully saturated rings. The topological polar surface area (TPSA) is 34.1 Å². The molecule has 1 aromatic heterocycles. The van der Waals surface area contributed by atoms with Gasteiger partial charge in [0.2, 0.25) is 0 Å². The lowest BCUT2D eigenvalue weighted by Crippen LogP contribution is -2.14. The second-order valence-corrected chi connectivity index (χ2v) is 6.44. The van der Waals surface area contributed by atoms with Crippen molar-refractivity contribution in [3.63, 3.8) is 0 Å². The van der Waals surface area contributed by atoms with E-state index in [1.807, 2.05) is 60.8 Å². The fourth-order valence-electron chi connectivity index (χ4n) is 2.44. The predicted molar refractivity (Wildman–Crippen MR) is 102 cm³/mol. The maximum Gasteiger partial charge on any atom is 0.124 e. The smallest absolute Gasteiger partial charge is 0.124 e. The number of pyridine rings is 1. The Kier molecular flexibility index (Phi) is 6.29. The Morgan fingerprint density at radius 3 is 2.60 bits per heavy atom. The molecular formula is C20H18Cl2N2O. The van der Waals surface area contributed by atoms with Gasteiger partial charge in [-0.3, -0.25) is 4.98 Å². The Morgan fingerprint density at radius 1 is 0.920 bits per heavy atom.